The monoisotopic (exact) mass is 2470 g/mol. The van der Waals surface area contributed by atoms with Crippen LogP contribution in [0.5, 0.6) is 0 Å². The van der Waals surface area contributed by atoms with Crippen LogP contribution in [0.4, 0.5) is 0 Å². The van der Waals surface area contributed by atoms with Gasteiger partial charge in [0.05, 0.1) is 16.7 Å². The molecular formula is C130H141Ir3N9O3-6. The van der Waals surface area contributed by atoms with Gasteiger partial charge in [0.25, 0.3) is 0 Å². The Kier molecular flexibility index (Phi) is 27.9. The van der Waals surface area contributed by atoms with Gasteiger partial charge in [-0.2, -0.15) is 0 Å². The summed E-state index contributed by atoms with van der Waals surface area (Å²) in [4.78, 5) is 40.4. The van der Waals surface area contributed by atoms with Crippen molar-refractivity contribution in [2.45, 2.75) is 278 Å². The summed E-state index contributed by atoms with van der Waals surface area (Å²) in [7, 11) is 0. The van der Waals surface area contributed by atoms with Crippen LogP contribution >= 0.6 is 0 Å². The SMILES string of the molecule is [2H]C([2H])([2H])c1c[c-]c(-c2ccc(C([2H])([2H])C(C)(C)C)cn2)cc1.[2H]C([2H])([2H])c1c[c-]c(-c2ccc(C([2H])([2H])C(C)(C)C)cn2)cc1.[2H]C([2H])([2H])c1c[c-]c(-c2ccc(C([2H])([2H])C(C)(C)C)cn2)cc1.[2H]C([2H])(c1ccnc(-c2[c-]ccc3c2oc2nc(C)ccc23)c1)C1(C)CCCC1.[2H]C1(c2ccnc(-c3[c-]ccc4c3oc3nc(C)ccc34)c2)CC(C)(C)CC(C)(C)C1.[2H]C1(c2ccnc(-c3[c-]ccc4c3oc3nc(C)ccc34)c2)CCC2(CCCCC2)CC1.[Ir].[Ir].[Ir]. The van der Waals surface area contributed by atoms with Crippen LogP contribution in [0, 0.1) is 116 Å². The molecule has 6 aromatic carbocycles. The second-order valence-corrected chi connectivity index (χ2v) is 43.7. The van der Waals surface area contributed by atoms with Gasteiger partial charge in [0.1, 0.15) is 0 Å². The van der Waals surface area contributed by atoms with E-state index in [0.717, 1.165) is 158 Å². The van der Waals surface area contributed by atoms with Crippen LogP contribution in [0.15, 0.2) is 251 Å². The zero-order valence-electron chi connectivity index (χ0n) is 105. The van der Waals surface area contributed by atoms with Gasteiger partial charge in [-0.15, -0.1) is 161 Å². The maximum atomic E-state index is 9.43. The fourth-order valence-electron chi connectivity index (χ4n) is 20.5. The van der Waals surface area contributed by atoms with Gasteiger partial charge in [-0.3, -0.25) is 0 Å². The Labute approximate surface area is 929 Å². The van der Waals surface area contributed by atoms with E-state index in [9.17, 15) is 2.74 Å². The summed E-state index contributed by atoms with van der Waals surface area (Å²) in [6.45, 7) is 27.3. The van der Waals surface area contributed by atoms with Gasteiger partial charge in [0.15, 0.2) is 0 Å². The molecule has 0 saturated heterocycles. The standard InChI is InChI=1S/C28H29N2O.C27H29N2O.C24H23N2O.3C17H20N.3Ir/c1-19-8-9-23-22-6-5-7-24(26(22)31-27(23)30-19)25-18-21(12-17-29-25)20-10-15-28(16-11-20)13-3-2-4-14-28;1-17-9-10-21-20-7-6-8-22(24(20)30-25(21)29-17)23-13-18(11-12-28-23)19-14-26(2,3)16-27(4,5)15-19;1-16-8-9-19-18-6-5-7-20(22(18)27-23(19)26-16)21-14-17(10-13-25-21)15-24(2)11-3-4-12-24;3*1-13-5-8-15(9-6-13)16-10-7-14(12-18-16)11-17(2,3)4;;;/h5-6,8-9,12,17-18,20H,2-4,10-11,13-16H2,1H3;6-7,9-13,19H,14-16H2,1-5H3;5-6,8-10,13-14H,3-4,11-12,15H2,1-2H3;3*5-8,10,12H,11H2,1-4H3;;;/q6*-1;;;/i20D;19D;15D2;3*1D3,11D2;;;. The van der Waals surface area contributed by atoms with E-state index in [1.807, 2.05) is 174 Å². The van der Waals surface area contributed by atoms with E-state index >= 15 is 0 Å². The van der Waals surface area contributed by atoms with Gasteiger partial charge in [-0.25, -0.2) is 15.0 Å². The van der Waals surface area contributed by atoms with Crippen LogP contribution in [-0.4, -0.2) is 44.9 Å². The summed E-state index contributed by atoms with van der Waals surface area (Å²) in [5.74, 6) is -1.16. The van der Waals surface area contributed by atoms with Gasteiger partial charge < -0.3 is 43.2 Å². The Morgan fingerprint density at radius 1 is 0.359 bits per heavy atom. The number of nitrogens with zero attached hydrogens (tertiary/aromatic N) is 9. The predicted molar refractivity (Wildman–Crippen MR) is 585 cm³/mol. The first-order valence-corrected chi connectivity index (χ1v) is 49.8. The topological polar surface area (TPSA) is 155 Å². The molecule has 12 heterocycles. The quantitative estimate of drug-likeness (QED) is 0.101. The first kappa shape index (κ1) is 86.0. The molecule has 0 N–H and O–H groups in total. The van der Waals surface area contributed by atoms with E-state index in [1.165, 1.54) is 81.7 Å². The van der Waals surface area contributed by atoms with Gasteiger partial charge >= 0.3 is 0 Å². The van der Waals surface area contributed by atoms with Crippen LogP contribution in [0.2, 0.25) is 0 Å². The van der Waals surface area contributed by atoms with Crippen LogP contribution in [-0.2, 0) is 85.8 Å². The van der Waals surface area contributed by atoms with E-state index in [4.69, 9.17) is 36.6 Å². The Hall–Kier alpha value is -11.0. The third-order valence-corrected chi connectivity index (χ3v) is 26.6. The summed E-state index contributed by atoms with van der Waals surface area (Å²) in [6, 6.07) is 78.9. The number of aryl methyl sites for hydroxylation is 6. The van der Waals surface area contributed by atoms with Crippen molar-refractivity contribution in [1.29, 1.82) is 0 Å². The van der Waals surface area contributed by atoms with Gasteiger partial charge in [0.2, 0.25) is 17.1 Å². The summed E-state index contributed by atoms with van der Waals surface area (Å²) in [5.41, 5.74) is 19.4. The average molecular weight is 2470 g/mol. The average Bonchev–Trinajstić information content (AvgIpc) is 1.35. The van der Waals surface area contributed by atoms with E-state index in [-0.39, 0.29) is 93.3 Å². The molecule has 4 fully saturated rings. The number of aromatic nitrogens is 9. The van der Waals surface area contributed by atoms with Crippen LogP contribution in [0.25, 0.3) is 134 Å². The molecule has 0 bridgehead atoms. The molecule has 0 unspecified atom stereocenters. The fourth-order valence-corrected chi connectivity index (χ4v) is 20.5. The van der Waals surface area contributed by atoms with Crippen molar-refractivity contribution in [3.63, 3.8) is 0 Å². The molecule has 145 heavy (non-hydrogen) atoms. The molecule has 0 atom stereocenters. The molecule has 4 saturated carbocycles. The molecule has 15 heteroatoms. The van der Waals surface area contributed by atoms with Crippen molar-refractivity contribution >= 4 is 66.2 Å². The third-order valence-electron chi connectivity index (χ3n) is 26.6. The molecule has 12 aromatic heterocycles. The number of hydrogen-bond donors (Lipinski definition) is 0. The Morgan fingerprint density at radius 2 is 0.710 bits per heavy atom. The zero-order chi connectivity index (χ0) is 116. The van der Waals surface area contributed by atoms with Crippen molar-refractivity contribution < 1.29 is 99.6 Å². The number of fused-ring (bicyclic) bond motifs is 9. The number of furan rings is 3. The van der Waals surface area contributed by atoms with Crippen LogP contribution in [0.3, 0.4) is 0 Å². The predicted octanol–water partition coefficient (Wildman–Crippen LogP) is 34.8. The maximum Gasteiger partial charge on any atom is 0.216 e. The van der Waals surface area contributed by atoms with Gasteiger partial charge in [-0.1, -0.05) is 254 Å². The van der Waals surface area contributed by atoms with E-state index < -0.39 is 74.1 Å². The summed E-state index contributed by atoms with van der Waals surface area (Å²) in [5, 5.41) is 6.00. The number of rotatable bonds is 13. The normalized spacial score (nSPS) is 18.4. The molecule has 4 aliphatic carbocycles. The van der Waals surface area contributed by atoms with E-state index in [0.29, 0.717) is 89.9 Å². The zero-order valence-corrected chi connectivity index (χ0v) is 93.3. The Morgan fingerprint density at radius 3 is 1.05 bits per heavy atom. The number of benzene rings is 6. The van der Waals surface area contributed by atoms with E-state index in [1.54, 1.807) is 85.1 Å². The van der Waals surface area contributed by atoms with Gasteiger partial charge in [0, 0.05) is 157 Å². The largest absolute Gasteiger partial charge is 0.486 e. The molecule has 757 valence electrons. The second kappa shape index (κ2) is 47.0. The minimum atomic E-state index is -2.14. The molecule has 22 rings (SSSR count). The summed E-state index contributed by atoms with van der Waals surface area (Å²) in [6.07, 6.45) is 22.0. The molecule has 1 spiro atoms. The second-order valence-electron chi connectivity index (χ2n) is 43.7. The summed E-state index contributed by atoms with van der Waals surface area (Å²) < 4.78 is 171. The maximum absolute atomic E-state index is 9.43. The van der Waals surface area contributed by atoms with Crippen molar-refractivity contribution in [3.8, 4) is 67.5 Å². The smallest absolute Gasteiger partial charge is 0.216 e. The minimum Gasteiger partial charge on any atom is -0.486 e. The number of pyridine rings is 9. The molecule has 0 amide bonds. The van der Waals surface area contributed by atoms with Crippen molar-refractivity contribution in [2.24, 2.45) is 37.9 Å². The molecule has 4 aliphatic rings. The van der Waals surface area contributed by atoms with Gasteiger partial charge in [-0.05, 0) is 272 Å². The molecule has 3 radical (unpaired) electrons. The number of hydrogen-bond acceptors (Lipinski definition) is 12. The molecule has 12 nitrogen and oxygen atoms in total. The Balaban J connectivity index is 0.000000153. The minimum absolute atomic E-state index is 0. The molecule has 18 aromatic rings. The first-order chi connectivity index (χ1) is 75.3. The Bertz CT molecular complexity index is 8000. The fraction of sp³-hybridized carbons (Fsp3) is 0.377. The van der Waals surface area contributed by atoms with Crippen molar-refractivity contribution in [3.05, 3.63) is 341 Å². The molecular weight excluding hydrogens is 2310 g/mol. The first-order valence-electron chi connectivity index (χ1n) is 59.3. The van der Waals surface area contributed by atoms with Crippen LogP contribution in [0.1, 0.15) is 305 Å². The summed E-state index contributed by atoms with van der Waals surface area (Å²) >= 11 is 0. The van der Waals surface area contributed by atoms with Crippen LogP contribution < -0.4 is 0 Å². The molecule has 0 aliphatic heterocycles. The van der Waals surface area contributed by atoms with Crippen molar-refractivity contribution in [1.82, 2.24) is 44.9 Å². The third kappa shape index (κ3) is 28.5. The van der Waals surface area contributed by atoms with Crippen molar-refractivity contribution in [2.75, 3.05) is 0 Å². The van der Waals surface area contributed by atoms with E-state index in [2.05, 4.69) is 140 Å².